The summed E-state index contributed by atoms with van der Waals surface area (Å²) in [5, 5.41) is 3.60. The lowest BCUT2D eigenvalue weighted by molar-refractivity contribution is 0.168. The van der Waals surface area contributed by atoms with Gasteiger partial charge in [0.2, 0.25) is 0 Å². The molecule has 0 spiro atoms. The number of rotatable bonds is 8. The average molecular weight is 212 g/mol. The van der Waals surface area contributed by atoms with Crippen molar-refractivity contribution in [3.8, 4) is 0 Å². The molecule has 0 saturated heterocycles. The molecule has 0 aromatic rings. The van der Waals surface area contributed by atoms with E-state index in [0.29, 0.717) is 12.1 Å². The zero-order valence-electron chi connectivity index (χ0n) is 10.9. The predicted octanol–water partition coefficient (Wildman–Crippen LogP) is 2.49. The lowest BCUT2D eigenvalue weighted by atomic mass is 10.1. The minimum atomic E-state index is 0.661. The summed E-state index contributed by atoms with van der Waals surface area (Å²) >= 11 is 0. The van der Waals surface area contributed by atoms with Gasteiger partial charge < -0.3 is 5.32 Å². The van der Waals surface area contributed by atoms with Crippen LogP contribution in [0.1, 0.15) is 47.0 Å². The molecule has 1 rings (SSSR count). The molecule has 0 aliphatic heterocycles. The van der Waals surface area contributed by atoms with Crippen molar-refractivity contribution in [3.05, 3.63) is 0 Å². The summed E-state index contributed by atoms with van der Waals surface area (Å²) in [7, 11) is 0. The highest BCUT2D eigenvalue weighted by Gasteiger charge is 2.28. The Hall–Kier alpha value is -0.0800. The van der Waals surface area contributed by atoms with Crippen LogP contribution in [-0.2, 0) is 0 Å². The van der Waals surface area contributed by atoms with Gasteiger partial charge in [-0.3, -0.25) is 4.90 Å². The van der Waals surface area contributed by atoms with Crippen LogP contribution in [-0.4, -0.2) is 36.6 Å². The third kappa shape index (κ3) is 4.12. The maximum atomic E-state index is 3.60. The molecule has 2 nitrogen and oxygen atoms in total. The molecular weight excluding hydrogens is 184 g/mol. The first-order chi connectivity index (χ1) is 7.22. The molecule has 0 aromatic heterocycles. The molecule has 0 heterocycles. The third-order valence-electron chi connectivity index (χ3n) is 3.66. The quantitative estimate of drug-likeness (QED) is 0.665. The Balaban J connectivity index is 2.40. The fraction of sp³-hybridized carbons (Fsp3) is 1.00. The van der Waals surface area contributed by atoms with Crippen LogP contribution in [0.3, 0.4) is 0 Å². The van der Waals surface area contributed by atoms with Crippen LogP contribution in [0.25, 0.3) is 0 Å². The van der Waals surface area contributed by atoms with Crippen molar-refractivity contribution < 1.29 is 0 Å². The van der Waals surface area contributed by atoms with Crippen LogP contribution in [0.4, 0.5) is 0 Å². The molecule has 2 heteroatoms. The Morgan fingerprint density at radius 1 is 1.27 bits per heavy atom. The molecular formula is C13H28N2. The molecule has 1 fully saturated rings. The molecule has 1 aliphatic rings. The van der Waals surface area contributed by atoms with Crippen molar-refractivity contribution in [1.29, 1.82) is 0 Å². The van der Waals surface area contributed by atoms with Crippen molar-refractivity contribution >= 4 is 0 Å². The first kappa shape index (κ1) is 13.0. The Morgan fingerprint density at radius 3 is 2.33 bits per heavy atom. The van der Waals surface area contributed by atoms with E-state index in [4.69, 9.17) is 0 Å². The second kappa shape index (κ2) is 6.49. The predicted molar refractivity (Wildman–Crippen MR) is 67.2 cm³/mol. The Bertz CT molecular complexity index is 166. The molecule has 1 aliphatic carbocycles. The van der Waals surface area contributed by atoms with Gasteiger partial charge in [-0.05, 0) is 45.2 Å². The van der Waals surface area contributed by atoms with Gasteiger partial charge in [-0.15, -0.1) is 0 Å². The van der Waals surface area contributed by atoms with Crippen molar-refractivity contribution in [2.45, 2.75) is 59.0 Å². The van der Waals surface area contributed by atoms with E-state index in [2.05, 4.69) is 37.9 Å². The summed E-state index contributed by atoms with van der Waals surface area (Å²) in [4.78, 5) is 2.65. The summed E-state index contributed by atoms with van der Waals surface area (Å²) in [6.07, 6.45) is 4.15. The van der Waals surface area contributed by atoms with Crippen LogP contribution in [0, 0.1) is 5.92 Å². The largest absolute Gasteiger partial charge is 0.313 e. The lowest BCUT2D eigenvalue weighted by Gasteiger charge is -2.34. The molecule has 0 bridgehead atoms. The normalized spacial score (nSPS) is 20.6. The molecule has 0 aromatic carbocycles. The molecule has 0 radical (unpaired) electrons. The zero-order chi connectivity index (χ0) is 11.3. The molecule has 1 saturated carbocycles. The van der Waals surface area contributed by atoms with Crippen molar-refractivity contribution in [2.24, 2.45) is 5.92 Å². The second-order valence-electron chi connectivity index (χ2n) is 4.84. The Kier molecular flexibility index (Phi) is 5.62. The number of hydrogen-bond acceptors (Lipinski definition) is 2. The molecule has 90 valence electrons. The maximum absolute atomic E-state index is 3.60. The number of nitrogens with zero attached hydrogens (tertiary/aromatic N) is 1. The van der Waals surface area contributed by atoms with Crippen molar-refractivity contribution in [3.63, 3.8) is 0 Å². The van der Waals surface area contributed by atoms with Crippen LogP contribution in [0.15, 0.2) is 0 Å². The van der Waals surface area contributed by atoms with Gasteiger partial charge in [0.25, 0.3) is 0 Å². The van der Waals surface area contributed by atoms with E-state index >= 15 is 0 Å². The van der Waals surface area contributed by atoms with Gasteiger partial charge in [0.1, 0.15) is 0 Å². The summed E-state index contributed by atoms with van der Waals surface area (Å²) in [6, 6.07) is 1.34. The van der Waals surface area contributed by atoms with Gasteiger partial charge in [0.15, 0.2) is 0 Å². The van der Waals surface area contributed by atoms with Gasteiger partial charge in [0, 0.05) is 18.6 Å². The van der Waals surface area contributed by atoms with Crippen LogP contribution >= 0.6 is 0 Å². The van der Waals surface area contributed by atoms with Crippen molar-refractivity contribution in [2.75, 3.05) is 19.6 Å². The standard InChI is InChI=1S/C13H28N2/c1-5-13(14-6-2)11(4)15(7-3)10-12-8-9-12/h11-14H,5-10H2,1-4H3. The van der Waals surface area contributed by atoms with Crippen LogP contribution in [0.2, 0.25) is 0 Å². The van der Waals surface area contributed by atoms with Crippen LogP contribution in [0.5, 0.6) is 0 Å². The molecule has 2 atom stereocenters. The molecule has 15 heavy (non-hydrogen) atoms. The topological polar surface area (TPSA) is 15.3 Å². The van der Waals surface area contributed by atoms with Gasteiger partial charge in [0.05, 0.1) is 0 Å². The fourth-order valence-corrected chi connectivity index (χ4v) is 2.39. The maximum Gasteiger partial charge on any atom is 0.0220 e. The molecule has 1 N–H and O–H groups in total. The monoisotopic (exact) mass is 212 g/mol. The van der Waals surface area contributed by atoms with Gasteiger partial charge in [-0.2, -0.15) is 0 Å². The van der Waals surface area contributed by atoms with E-state index in [9.17, 15) is 0 Å². The number of likely N-dealkylation sites (N-methyl/N-ethyl adjacent to an activating group) is 2. The van der Waals surface area contributed by atoms with Gasteiger partial charge in [-0.25, -0.2) is 0 Å². The Morgan fingerprint density at radius 2 is 1.93 bits per heavy atom. The SMILES string of the molecule is CCNC(CC)C(C)N(CC)CC1CC1. The van der Waals surface area contributed by atoms with Gasteiger partial charge >= 0.3 is 0 Å². The summed E-state index contributed by atoms with van der Waals surface area (Å²) < 4.78 is 0. The highest BCUT2D eigenvalue weighted by atomic mass is 15.2. The first-order valence-electron chi connectivity index (χ1n) is 6.70. The third-order valence-corrected chi connectivity index (χ3v) is 3.66. The van der Waals surface area contributed by atoms with E-state index in [-0.39, 0.29) is 0 Å². The fourth-order valence-electron chi connectivity index (χ4n) is 2.39. The Labute approximate surface area is 95.4 Å². The highest BCUT2D eigenvalue weighted by Crippen LogP contribution is 2.30. The zero-order valence-corrected chi connectivity index (χ0v) is 10.9. The number of hydrogen-bond donors (Lipinski definition) is 1. The summed E-state index contributed by atoms with van der Waals surface area (Å²) in [6.45, 7) is 12.8. The minimum Gasteiger partial charge on any atom is -0.313 e. The first-order valence-corrected chi connectivity index (χ1v) is 6.70. The molecule has 0 amide bonds. The van der Waals surface area contributed by atoms with E-state index in [1.165, 1.54) is 32.4 Å². The molecule has 2 unspecified atom stereocenters. The van der Waals surface area contributed by atoms with E-state index in [0.717, 1.165) is 12.5 Å². The van der Waals surface area contributed by atoms with Crippen LogP contribution < -0.4 is 5.32 Å². The summed E-state index contributed by atoms with van der Waals surface area (Å²) in [5.41, 5.74) is 0. The highest BCUT2D eigenvalue weighted by molar-refractivity contribution is 4.84. The average Bonchev–Trinajstić information content (AvgIpc) is 3.05. The number of nitrogens with one attached hydrogen (secondary N) is 1. The minimum absolute atomic E-state index is 0.661. The lowest BCUT2D eigenvalue weighted by Crippen LogP contribution is -2.48. The second-order valence-corrected chi connectivity index (χ2v) is 4.84. The van der Waals surface area contributed by atoms with E-state index in [1.54, 1.807) is 0 Å². The van der Waals surface area contributed by atoms with Crippen molar-refractivity contribution in [1.82, 2.24) is 10.2 Å². The summed E-state index contributed by atoms with van der Waals surface area (Å²) in [5.74, 6) is 1.01. The van der Waals surface area contributed by atoms with E-state index in [1.807, 2.05) is 0 Å². The van der Waals surface area contributed by atoms with Gasteiger partial charge in [-0.1, -0.05) is 20.8 Å². The van der Waals surface area contributed by atoms with E-state index < -0.39 is 0 Å². The smallest absolute Gasteiger partial charge is 0.0220 e.